The van der Waals surface area contributed by atoms with E-state index in [-0.39, 0.29) is 23.3 Å². The second-order valence-corrected chi connectivity index (χ2v) is 12.6. The summed E-state index contributed by atoms with van der Waals surface area (Å²) in [5.74, 6) is -0.819. The summed E-state index contributed by atoms with van der Waals surface area (Å²) in [4.78, 5) is 48.8. The molecule has 1 aromatic heterocycles. The summed E-state index contributed by atoms with van der Waals surface area (Å²) in [6.45, 7) is 4.53. The van der Waals surface area contributed by atoms with Gasteiger partial charge in [-0.25, -0.2) is 0 Å². The molecule has 0 aliphatic heterocycles. The van der Waals surface area contributed by atoms with Crippen LogP contribution in [0.15, 0.2) is 109 Å². The van der Waals surface area contributed by atoms with Crippen LogP contribution in [-0.2, 0) is 33.6 Å². The molecule has 3 amide bonds. The average molecular weight is 634 g/mol. The van der Waals surface area contributed by atoms with Crippen molar-refractivity contribution in [1.82, 2.24) is 25.4 Å². The van der Waals surface area contributed by atoms with Crippen molar-refractivity contribution in [2.24, 2.45) is 0 Å². The van der Waals surface area contributed by atoms with Gasteiger partial charge in [0.2, 0.25) is 17.7 Å². The Labute approximate surface area is 278 Å². The molecule has 4 aromatic rings. The molecule has 8 heteroatoms. The fourth-order valence-corrected chi connectivity index (χ4v) is 5.44. The van der Waals surface area contributed by atoms with Gasteiger partial charge in [-0.05, 0) is 79.4 Å². The van der Waals surface area contributed by atoms with Crippen LogP contribution in [0.5, 0.6) is 0 Å². The Balaban J connectivity index is 1.61. The molecule has 0 saturated heterocycles. The highest BCUT2D eigenvalue weighted by Crippen LogP contribution is 2.20. The van der Waals surface area contributed by atoms with Crippen molar-refractivity contribution in [1.29, 1.82) is 0 Å². The summed E-state index contributed by atoms with van der Waals surface area (Å²) < 4.78 is 0. The number of aromatic nitrogens is 1. The van der Waals surface area contributed by atoms with Crippen LogP contribution >= 0.6 is 0 Å². The Kier molecular flexibility index (Phi) is 12.4. The van der Waals surface area contributed by atoms with E-state index in [4.69, 9.17) is 0 Å². The first-order valence-electron chi connectivity index (χ1n) is 16.1. The zero-order chi connectivity index (χ0) is 33.8. The molecule has 0 saturated carbocycles. The van der Waals surface area contributed by atoms with E-state index in [0.29, 0.717) is 32.2 Å². The maximum atomic E-state index is 14.5. The number of nitrogens with zero attached hydrogens (tertiary/aromatic N) is 3. The lowest BCUT2D eigenvalue weighted by Crippen LogP contribution is -2.56. The number of rotatable bonds is 15. The van der Waals surface area contributed by atoms with Crippen molar-refractivity contribution in [3.8, 4) is 0 Å². The minimum atomic E-state index is -0.835. The Morgan fingerprint density at radius 1 is 0.787 bits per heavy atom. The standard InChI is InChI=1S/C39H47N5O3/c1-39(2,40-3)22-11-16-36(45)43(4)35(28-31-17-18-32-14-9-10-15-33(32)26-31)38(47)44(5)34(27-30-12-7-6-8-13-30)37(46)42-25-21-29-19-23-41-24-20-29/h6-20,23-24,26,34-35,40H,21-22,25,27-28H2,1-5H3,(H,42,46)/t34-,35-/m1/s1. The summed E-state index contributed by atoms with van der Waals surface area (Å²) in [5.41, 5.74) is 2.75. The number of amides is 3. The van der Waals surface area contributed by atoms with E-state index in [9.17, 15) is 14.4 Å². The molecule has 246 valence electrons. The van der Waals surface area contributed by atoms with Gasteiger partial charge >= 0.3 is 0 Å². The summed E-state index contributed by atoms with van der Waals surface area (Å²) in [6, 6.07) is 26.1. The monoisotopic (exact) mass is 633 g/mol. The number of fused-ring (bicyclic) bond motifs is 1. The van der Waals surface area contributed by atoms with Gasteiger partial charge < -0.3 is 20.4 Å². The summed E-state index contributed by atoms with van der Waals surface area (Å²) in [7, 11) is 5.21. The number of carbonyl (C=O) groups is 3. The Bertz CT molecular complexity index is 1660. The van der Waals surface area contributed by atoms with Gasteiger partial charge in [0, 0.05) is 51.4 Å². The number of hydrogen-bond acceptors (Lipinski definition) is 5. The van der Waals surface area contributed by atoms with Crippen molar-refractivity contribution in [3.63, 3.8) is 0 Å². The zero-order valence-electron chi connectivity index (χ0n) is 28.1. The van der Waals surface area contributed by atoms with E-state index in [1.807, 2.05) is 92.0 Å². The number of carbonyl (C=O) groups excluding carboxylic acids is 3. The Morgan fingerprint density at radius 2 is 1.45 bits per heavy atom. The number of benzene rings is 3. The fraction of sp³-hybridized carbons (Fsp3) is 0.333. The molecule has 0 aliphatic rings. The highest BCUT2D eigenvalue weighted by molar-refractivity contribution is 5.95. The SMILES string of the molecule is CNC(C)(C)CC=CC(=O)N(C)[C@H](Cc1ccc2ccccc2c1)C(=O)N(C)[C@H](Cc1ccccc1)C(=O)NCCc1ccncc1. The molecule has 4 rings (SSSR count). The van der Waals surface area contributed by atoms with Gasteiger partial charge in [-0.1, -0.05) is 78.9 Å². The van der Waals surface area contributed by atoms with Crippen LogP contribution in [0.4, 0.5) is 0 Å². The van der Waals surface area contributed by atoms with E-state index < -0.39 is 12.1 Å². The third-order valence-corrected chi connectivity index (χ3v) is 8.76. The van der Waals surface area contributed by atoms with Crippen molar-refractivity contribution in [2.45, 2.75) is 57.2 Å². The van der Waals surface area contributed by atoms with Crippen LogP contribution in [0.1, 0.15) is 37.0 Å². The van der Waals surface area contributed by atoms with Gasteiger partial charge in [-0.3, -0.25) is 19.4 Å². The molecule has 0 spiro atoms. The Hall–Kier alpha value is -4.82. The normalized spacial score (nSPS) is 12.9. The average Bonchev–Trinajstić information content (AvgIpc) is 3.09. The van der Waals surface area contributed by atoms with E-state index in [2.05, 4.69) is 35.5 Å². The van der Waals surface area contributed by atoms with Gasteiger partial charge in [0.15, 0.2) is 0 Å². The van der Waals surface area contributed by atoms with E-state index >= 15 is 0 Å². The molecule has 2 atom stereocenters. The lowest BCUT2D eigenvalue weighted by Gasteiger charge is -2.34. The number of nitrogens with one attached hydrogen (secondary N) is 2. The smallest absolute Gasteiger partial charge is 0.246 e. The number of hydrogen-bond donors (Lipinski definition) is 2. The third kappa shape index (κ3) is 10.1. The van der Waals surface area contributed by atoms with E-state index in [0.717, 1.165) is 27.5 Å². The quantitative estimate of drug-likeness (QED) is 0.180. The van der Waals surface area contributed by atoms with Crippen LogP contribution in [0.25, 0.3) is 10.8 Å². The fourth-order valence-electron chi connectivity index (χ4n) is 5.44. The third-order valence-electron chi connectivity index (χ3n) is 8.76. The van der Waals surface area contributed by atoms with Crippen LogP contribution in [0.2, 0.25) is 0 Å². The van der Waals surface area contributed by atoms with Gasteiger partial charge in [-0.2, -0.15) is 0 Å². The van der Waals surface area contributed by atoms with Crippen molar-refractivity contribution in [2.75, 3.05) is 27.7 Å². The molecule has 2 N–H and O–H groups in total. The lowest BCUT2D eigenvalue weighted by molar-refractivity contribution is -0.146. The van der Waals surface area contributed by atoms with Crippen molar-refractivity contribution in [3.05, 3.63) is 126 Å². The predicted octanol–water partition coefficient (Wildman–Crippen LogP) is 4.98. The minimum absolute atomic E-state index is 0.175. The molecule has 3 aromatic carbocycles. The maximum Gasteiger partial charge on any atom is 0.246 e. The first kappa shape index (κ1) is 35.0. The highest BCUT2D eigenvalue weighted by atomic mass is 16.2. The van der Waals surface area contributed by atoms with Gasteiger partial charge in [0.05, 0.1) is 0 Å². The van der Waals surface area contributed by atoms with Crippen LogP contribution < -0.4 is 10.6 Å². The first-order chi connectivity index (χ1) is 22.6. The van der Waals surface area contributed by atoms with Crippen molar-refractivity contribution < 1.29 is 14.4 Å². The molecule has 0 radical (unpaired) electrons. The first-order valence-corrected chi connectivity index (χ1v) is 16.1. The highest BCUT2D eigenvalue weighted by Gasteiger charge is 2.34. The summed E-state index contributed by atoms with van der Waals surface area (Å²) >= 11 is 0. The second-order valence-electron chi connectivity index (χ2n) is 12.6. The number of pyridine rings is 1. The topological polar surface area (TPSA) is 94.6 Å². The molecule has 47 heavy (non-hydrogen) atoms. The van der Waals surface area contributed by atoms with E-state index in [1.165, 1.54) is 15.9 Å². The molecular weight excluding hydrogens is 586 g/mol. The van der Waals surface area contributed by atoms with Crippen molar-refractivity contribution >= 4 is 28.5 Å². The zero-order valence-corrected chi connectivity index (χ0v) is 28.1. The van der Waals surface area contributed by atoms with Crippen LogP contribution in [0.3, 0.4) is 0 Å². The molecule has 0 bridgehead atoms. The van der Waals surface area contributed by atoms with Gasteiger partial charge in [-0.15, -0.1) is 0 Å². The van der Waals surface area contributed by atoms with Gasteiger partial charge in [0.1, 0.15) is 12.1 Å². The number of likely N-dealkylation sites (N-methyl/N-ethyl adjacent to an activating group) is 2. The molecule has 0 fully saturated rings. The molecular formula is C39H47N5O3. The molecule has 8 nitrogen and oxygen atoms in total. The van der Waals surface area contributed by atoms with Gasteiger partial charge in [0.25, 0.3) is 0 Å². The van der Waals surface area contributed by atoms with E-state index in [1.54, 1.807) is 26.5 Å². The molecule has 0 aliphatic carbocycles. The Morgan fingerprint density at radius 3 is 2.15 bits per heavy atom. The lowest BCUT2D eigenvalue weighted by atomic mass is 9.98. The summed E-state index contributed by atoms with van der Waals surface area (Å²) in [5, 5.41) is 8.44. The second kappa shape index (κ2) is 16.7. The molecule has 0 unspecified atom stereocenters. The van der Waals surface area contributed by atoms with Crippen LogP contribution in [0, 0.1) is 0 Å². The molecule has 1 heterocycles. The largest absolute Gasteiger partial charge is 0.354 e. The maximum absolute atomic E-state index is 14.5. The van der Waals surface area contributed by atoms with Crippen LogP contribution in [-0.4, -0.2) is 77.8 Å². The predicted molar refractivity (Wildman–Crippen MR) is 189 cm³/mol. The summed E-state index contributed by atoms with van der Waals surface area (Å²) in [6.07, 6.45) is 8.75. The minimum Gasteiger partial charge on any atom is -0.354 e.